The third-order valence-electron chi connectivity index (χ3n) is 4.54. The number of H-pyrrole nitrogens is 1. The third-order valence-corrected chi connectivity index (χ3v) is 4.54. The summed E-state index contributed by atoms with van der Waals surface area (Å²) in [5.41, 5.74) is 1.12. The molecule has 25 heavy (non-hydrogen) atoms. The van der Waals surface area contributed by atoms with E-state index in [0.717, 1.165) is 30.3 Å². The van der Waals surface area contributed by atoms with Crippen LogP contribution in [0.25, 0.3) is 10.9 Å². The van der Waals surface area contributed by atoms with Crippen molar-refractivity contribution >= 4 is 35.1 Å². The second-order valence-corrected chi connectivity index (χ2v) is 6.23. The molecule has 136 valence electrons. The number of fused-ring (bicyclic) bond motifs is 1. The number of piperidine rings is 1. The number of amides is 2. The fourth-order valence-corrected chi connectivity index (χ4v) is 3.15. The molecule has 0 saturated carbocycles. The summed E-state index contributed by atoms with van der Waals surface area (Å²) in [6.45, 7) is 3.14. The van der Waals surface area contributed by atoms with E-state index >= 15 is 0 Å². The molecule has 1 saturated heterocycles. The highest BCUT2D eigenvalue weighted by Gasteiger charge is 2.27. The number of para-hydroxylation sites is 1. The molecule has 3 N–H and O–H groups in total. The maximum absolute atomic E-state index is 12.6. The van der Waals surface area contributed by atoms with E-state index in [1.54, 1.807) is 6.92 Å². The first-order chi connectivity index (χ1) is 11.6. The van der Waals surface area contributed by atoms with E-state index in [9.17, 15) is 9.59 Å². The van der Waals surface area contributed by atoms with Crippen molar-refractivity contribution in [2.45, 2.75) is 31.8 Å². The highest BCUT2D eigenvalue weighted by atomic mass is 35.5. The largest absolute Gasteiger partial charge is 0.339 e. The van der Waals surface area contributed by atoms with E-state index in [2.05, 4.69) is 20.8 Å². The number of likely N-dealkylation sites (tertiary alicyclic amines) is 1. The smallest absolute Gasteiger partial charge is 0.273 e. The fourth-order valence-electron chi connectivity index (χ4n) is 3.15. The standard InChI is InChI=1S/C17H23N5O2.ClH/c1-11(17(24)22-9-5-6-12(10-22)18-2)19-16(23)15-13-7-3-4-8-14(13)20-21-15;/h3-4,7-8,11-12,18H,5-6,9-10H2,1-2H3,(H,19,23)(H,20,21);1H. The molecule has 1 aromatic heterocycles. The molecule has 1 aromatic carbocycles. The van der Waals surface area contributed by atoms with Crippen LogP contribution in [-0.2, 0) is 4.79 Å². The first-order valence-electron chi connectivity index (χ1n) is 8.30. The van der Waals surface area contributed by atoms with Crippen LogP contribution < -0.4 is 10.6 Å². The van der Waals surface area contributed by atoms with Crippen LogP contribution in [0.2, 0.25) is 0 Å². The summed E-state index contributed by atoms with van der Waals surface area (Å²) in [5.74, 6) is -0.390. The number of aromatic nitrogens is 2. The number of hydrogen-bond donors (Lipinski definition) is 3. The van der Waals surface area contributed by atoms with Crippen molar-refractivity contribution in [3.63, 3.8) is 0 Å². The summed E-state index contributed by atoms with van der Waals surface area (Å²) in [5, 5.41) is 13.6. The number of rotatable bonds is 4. The lowest BCUT2D eigenvalue weighted by atomic mass is 10.1. The van der Waals surface area contributed by atoms with Gasteiger partial charge in [-0.1, -0.05) is 18.2 Å². The summed E-state index contributed by atoms with van der Waals surface area (Å²) in [4.78, 5) is 26.9. The van der Waals surface area contributed by atoms with Gasteiger partial charge in [-0.15, -0.1) is 12.4 Å². The van der Waals surface area contributed by atoms with Crippen molar-refractivity contribution in [3.05, 3.63) is 30.0 Å². The maximum Gasteiger partial charge on any atom is 0.273 e. The van der Waals surface area contributed by atoms with Crippen LogP contribution >= 0.6 is 12.4 Å². The Kier molecular flexibility index (Phi) is 6.39. The molecule has 2 amide bonds. The Morgan fingerprint density at radius 1 is 1.36 bits per heavy atom. The molecule has 2 aromatic rings. The molecule has 1 aliphatic heterocycles. The lowest BCUT2D eigenvalue weighted by Gasteiger charge is -2.34. The Bertz CT molecular complexity index is 747. The first-order valence-corrected chi connectivity index (χ1v) is 8.30. The molecule has 2 atom stereocenters. The van der Waals surface area contributed by atoms with E-state index in [0.29, 0.717) is 18.3 Å². The number of aromatic amines is 1. The van der Waals surface area contributed by atoms with E-state index in [4.69, 9.17) is 0 Å². The third kappa shape index (κ3) is 4.11. The topological polar surface area (TPSA) is 90.1 Å². The van der Waals surface area contributed by atoms with E-state index in [1.807, 2.05) is 36.2 Å². The van der Waals surface area contributed by atoms with Gasteiger partial charge in [0.25, 0.3) is 5.91 Å². The highest BCUT2D eigenvalue weighted by molar-refractivity contribution is 6.05. The molecule has 1 aliphatic rings. The van der Waals surface area contributed by atoms with Crippen molar-refractivity contribution in [1.82, 2.24) is 25.7 Å². The zero-order chi connectivity index (χ0) is 17.1. The molecule has 2 heterocycles. The molecule has 7 nitrogen and oxygen atoms in total. The zero-order valence-electron chi connectivity index (χ0n) is 14.4. The lowest BCUT2D eigenvalue weighted by molar-refractivity contribution is -0.134. The Morgan fingerprint density at radius 2 is 2.12 bits per heavy atom. The average molecular weight is 366 g/mol. The van der Waals surface area contributed by atoms with Crippen LogP contribution in [0.1, 0.15) is 30.3 Å². The minimum atomic E-state index is -0.580. The van der Waals surface area contributed by atoms with Gasteiger partial charge in [0, 0.05) is 24.5 Å². The number of hydrogen-bond acceptors (Lipinski definition) is 4. The Morgan fingerprint density at radius 3 is 2.88 bits per heavy atom. The SMILES string of the molecule is CNC1CCCN(C(=O)C(C)NC(=O)c2n[nH]c3ccccc23)C1.Cl. The highest BCUT2D eigenvalue weighted by Crippen LogP contribution is 2.15. The van der Waals surface area contributed by atoms with Crippen molar-refractivity contribution in [1.29, 1.82) is 0 Å². The normalized spacial score (nSPS) is 18.5. The predicted molar refractivity (Wildman–Crippen MR) is 98.9 cm³/mol. The van der Waals surface area contributed by atoms with Crippen LogP contribution in [0.5, 0.6) is 0 Å². The number of benzene rings is 1. The molecule has 0 bridgehead atoms. The monoisotopic (exact) mass is 365 g/mol. The number of carbonyl (C=O) groups excluding carboxylic acids is 2. The molecule has 1 fully saturated rings. The van der Waals surface area contributed by atoms with Crippen molar-refractivity contribution in [2.75, 3.05) is 20.1 Å². The van der Waals surface area contributed by atoms with Crippen LogP contribution in [0.15, 0.2) is 24.3 Å². The summed E-state index contributed by atoms with van der Waals surface area (Å²) in [6.07, 6.45) is 2.04. The number of nitrogens with one attached hydrogen (secondary N) is 3. The van der Waals surface area contributed by atoms with Crippen molar-refractivity contribution in [3.8, 4) is 0 Å². The summed E-state index contributed by atoms with van der Waals surface area (Å²) in [6, 6.07) is 7.17. The lowest BCUT2D eigenvalue weighted by Crippen LogP contribution is -2.53. The van der Waals surface area contributed by atoms with Gasteiger partial charge in [0.05, 0.1) is 5.52 Å². The molecule has 3 rings (SSSR count). The van der Waals surface area contributed by atoms with Crippen LogP contribution in [0.4, 0.5) is 0 Å². The van der Waals surface area contributed by atoms with Crippen molar-refractivity contribution in [2.24, 2.45) is 0 Å². The molecular weight excluding hydrogens is 342 g/mol. The van der Waals surface area contributed by atoms with E-state index in [-0.39, 0.29) is 24.2 Å². The van der Waals surface area contributed by atoms with Gasteiger partial charge >= 0.3 is 0 Å². The molecule has 0 spiro atoms. The van der Waals surface area contributed by atoms with Crippen LogP contribution in [0.3, 0.4) is 0 Å². The Hall–Kier alpha value is -2.12. The summed E-state index contributed by atoms with van der Waals surface area (Å²) >= 11 is 0. The summed E-state index contributed by atoms with van der Waals surface area (Å²) in [7, 11) is 1.91. The maximum atomic E-state index is 12.6. The first kappa shape index (κ1) is 19.2. The number of nitrogens with zero attached hydrogens (tertiary/aromatic N) is 2. The number of carbonyl (C=O) groups is 2. The van der Waals surface area contributed by atoms with Gasteiger partial charge in [-0.25, -0.2) is 0 Å². The van der Waals surface area contributed by atoms with Crippen molar-refractivity contribution < 1.29 is 9.59 Å². The minimum Gasteiger partial charge on any atom is -0.339 e. The van der Waals surface area contributed by atoms with Crippen LogP contribution in [-0.4, -0.2) is 59.1 Å². The number of likely N-dealkylation sites (N-methyl/N-ethyl adjacent to an activating group) is 1. The zero-order valence-corrected chi connectivity index (χ0v) is 15.2. The van der Waals surface area contributed by atoms with Gasteiger partial charge in [0.15, 0.2) is 5.69 Å². The average Bonchev–Trinajstić information content (AvgIpc) is 3.05. The second-order valence-electron chi connectivity index (χ2n) is 6.23. The minimum absolute atomic E-state index is 0. The Balaban J connectivity index is 0.00000225. The second kappa shape index (κ2) is 8.31. The van der Waals surface area contributed by atoms with Crippen LogP contribution in [0, 0.1) is 0 Å². The van der Waals surface area contributed by atoms with E-state index < -0.39 is 6.04 Å². The van der Waals surface area contributed by atoms with Gasteiger partial charge in [-0.3, -0.25) is 14.7 Å². The molecule has 0 radical (unpaired) electrons. The quantitative estimate of drug-likeness (QED) is 0.762. The van der Waals surface area contributed by atoms with Gasteiger partial charge in [0.2, 0.25) is 5.91 Å². The molecule has 8 heteroatoms. The van der Waals surface area contributed by atoms with Gasteiger partial charge in [-0.2, -0.15) is 5.10 Å². The van der Waals surface area contributed by atoms with Gasteiger partial charge in [-0.05, 0) is 32.9 Å². The molecule has 2 unspecified atom stereocenters. The molecular formula is C17H24ClN5O2. The van der Waals surface area contributed by atoms with Gasteiger partial charge in [0.1, 0.15) is 6.04 Å². The van der Waals surface area contributed by atoms with E-state index in [1.165, 1.54) is 0 Å². The summed E-state index contributed by atoms with van der Waals surface area (Å²) < 4.78 is 0. The predicted octanol–water partition coefficient (Wildman–Crippen LogP) is 1.31. The fraction of sp³-hybridized carbons (Fsp3) is 0.471. The number of halogens is 1. The van der Waals surface area contributed by atoms with Gasteiger partial charge < -0.3 is 15.5 Å². The molecule has 0 aliphatic carbocycles. The Labute approximate surface area is 152 Å².